The summed E-state index contributed by atoms with van der Waals surface area (Å²) in [7, 11) is 3.25. The van der Waals surface area contributed by atoms with E-state index in [1.165, 1.54) is 0 Å². The molecule has 1 fully saturated rings. The van der Waals surface area contributed by atoms with Gasteiger partial charge in [-0.25, -0.2) is 19.9 Å². The maximum atomic E-state index is 12.9. The average molecular weight is 608 g/mol. The van der Waals surface area contributed by atoms with Crippen molar-refractivity contribution in [1.82, 2.24) is 45.9 Å². The zero-order valence-corrected chi connectivity index (χ0v) is 25.4. The Bertz CT molecular complexity index is 1660. The minimum atomic E-state index is -0.796. The van der Waals surface area contributed by atoms with Crippen molar-refractivity contribution in [3.05, 3.63) is 96.6 Å². The molecule has 45 heavy (non-hydrogen) atoms. The molecule has 0 saturated carbocycles. The van der Waals surface area contributed by atoms with Crippen molar-refractivity contribution in [2.45, 2.75) is 37.9 Å². The van der Waals surface area contributed by atoms with E-state index >= 15 is 0 Å². The highest BCUT2D eigenvalue weighted by molar-refractivity contribution is 5.85. The van der Waals surface area contributed by atoms with E-state index in [-0.39, 0.29) is 11.9 Å². The number of aromatic nitrogens is 6. The summed E-state index contributed by atoms with van der Waals surface area (Å²) in [5.74, 6) is 1.85. The van der Waals surface area contributed by atoms with Crippen molar-refractivity contribution in [2.24, 2.45) is 0 Å². The van der Waals surface area contributed by atoms with Gasteiger partial charge in [0.15, 0.2) is 5.82 Å². The van der Waals surface area contributed by atoms with Gasteiger partial charge in [-0.3, -0.25) is 9.59 Å². The van der Waals surface area contributed by atoms with Gasteiger partial charge in [-0.1, -0.05) is 54.6 Å². The Balaban J connectivity index is 0.00000128. The quantitative estimate of drug-likeness (QED) is 0.147. The molecule has 4 heterocycles. The van der Waals surface area contributed by atoms with Crippen molar-refractivity contribution in [1.29, 1.82) is 0 Å². The Hall–Kier alpha value is -5.20. The maximum Gasteiger partial charge on any atom is 0.247 e. The Morgan fingerprint density at radius 1 is 0.889 bits per heavy atom. The molecule has 5 N–H and O–H groups in total. The Morgan fingerprint density at radius 2 is 1.56 bits per heavy atom. The lowest BCUT2D eigenvalue weighted by atomic mass is 10.1. The predicted octanol–water partition coefficient (Wildman–Crippen LogP) is 4.28. The number of carbonyl (C=O) groups is 2. The zero-order chi connectivity index (χ0) is 31.6. The summed E-state index contributed by atoms with van der Waals surface area (Å²) in [6.45, 7) is 2.86. The summed E-state index contributed by atoms with van der Waals surface area (Å²) in [4.78, 5) is 48.9. The van der Waals surface area contributed by atoms with Crippen molar-refractivity contribution < 1.29 is 14.3 Å². The molecule has 12 nitrogen and oxygen atoms in total. The number of methoxy groups -OCH3 is 1. The summed E-state index contributed by atoms with van der Waals surface area (Å²) < 4.78 is 4.25. The van der Waals surface area contributed by atoms with Gasteiger partial charge in [0, 0.05) is 37.7 Å². The lowest BCUT2D eigenvalue weighted by Crippen LogP contribution is -2.38. The van der Waals surface area contributed by atoms with Gasteiger partial charge in [-0.2, -0.15) is 0 Å². The molecule has 1 saturated heterocycles. The van der Waals surface area contributed by atoms with Crippen molar-refractivity contribution in [2.75, 3.05) is 20.8 Å². The standard InChI is InChI=1S/C31H31N9O2.C2H6O/c1-19(38-31(42)27(37-18-41)21-6-3-2-4-7-21)28-35-16-25(39-28)20-9-11-22(12-10-20)29-33-14-23(15-34-29)26-17-36-30(40-26)24-8-5-13-32-24;1-3-2/h2-4,6-7,9-12,14-19,24,27,32H,5,8,13H2,1H3,(H,35,39)(H,36,40)(H,37,41)(H,38,42);1-2H3/t19-,24-,27+;/m0./s1. The van der Waals surface area contributed by atoms with Gasteiger partial charge in [-0.05, 0) is 37.4 Å². The molecule has 3 aromatic heterocycles. The third-order valence-corrected chi connectivity index (χ3v) is 7.40. The second-order valence-electron chi connectivity index (χ2n) is 10.7. The normalized spacial score (nSPS) is 15.4. The number of imidazole rings is 2. The van der Waals surface area contributed by atoms with Crippen LogP contribution in [-0.4, -0.2) is 63.0 Å². The number of amides is 2. The SMILES string of the molecule is COC.C[C@H](NC(=O)[C@H](NC=O)c1ccccc1)c1ncc(-c2ccc(-c3ncc(-c4cnc([C@@H]5CCCN5)[nH]4)cn3)cc2)[nH]1. The van der Waals surface area contributed by atoms with Gasteiger partial charge in [0.25, 0.3) is 0 Å². The van der Waals surface area contributed by atoms with Crippen LogP contribution in [0.25, 0.3) is 33.9 Å². The summed E-state index contributed by atoms with van der Waals surface area (Å²) >= 11 is 0. The summed E-state index contributed by atoms with van der Waals surface area (Å²) in [5.41, 5.74) is 5.11. The van der Waals surface area contributed by atoms with Crippen LogP contribution in [0.4, 0.5) is 0 Å². The van der Waals surface area contributed by atoms with Gasteiger partial charge in [0.05, 0.1) is 35.9 Å². The molecule has 0 unspecified atom stereocenters. The number of ether oxygens (including phenoxy) is 1. The number of carbonyl (C=O) groups excluding carboxylic acids is 2. The van der Waals surface area contributed by atoms with Crippen molar-refractivity contribution in [3.8, 4) is 33.9 Å². The molecule has 2 amide bonds. The van der Waals surface area contributed by atoms with Gasteiger partial charge >= 0.3 is 0 Å². The molecule has 2 aromatic carbocycles. The fourth-order valence-corrected chi connectivity index (χ4v) is 5.10. The molecule has 1 aliphatic rings. The number of hydrogen-bond donors (Lipinski definition) is 5. The highest BCUT2D eigenvalue weighted by Crippen LogP contribution is 2.26. The first-order chi connectivity index (χ1) is 22.0. The van der Waals surface area contributed by atoms with Gasteiger partial charge in [0.2, 0.25) is 12.3 Å². The monoisotopic (exact) mass is 607 g/mol. The van der Waals surface area contributed by atoms with E-state index in [0.717, 1.165) is 53.3 Å². The number of nitrogens with one attached hydrogen (secondary N) is 5. The first-order valence-electron chi connectivity index (χ1n) is 14.7. The minimum Gasteiger partial charge on any atom is -0.388 e. The van der Waals surface area contributed by atoms with E-state index in [1.807, 2.05) is 55.6 Å². The number of benzene rings is 2. The van der Waals surface area contributed by atoms with Crippen LogP contribution in [0.5, 0.6) is 0 Å². The number of hydrogen-bond acceptors (Lipinski definition) is 8. The molecule has 6 rings (SSSR count). The molecular weight excluding hydrogens is 570 g/mol. The smallest absolute Gasteiger partial charge is 0.247 e. The number of rotatable bonds is 10. The van der Waals surface area contributed by atoms with E-state index < -0.39 is 12.1 Å². The molecule has 0 spiro atoms. The number of H-pyrrole nitrogens is 2. The molecule has 12 heteroatoms. The molecule has 0 aliphatic carbocycles. The average Bonchev–Trinajstić information content (AvgIpc) is 3.87. The van der Waals surface area contributed by atoms with Crippen LogP contribution in [0, 0.1) is 0 Å². The minimum absolute atomic E-state index is 0.281. The molecule has 232 valence electrons. The Morgan fingerprint density at radius 3 is 2.22 bits per heavy atom. The summed E-state index contributed by atoms with van der Waals surface area (Å²) in [6, 6.07) is 16.0. The molecule has 1 aliphatic heterocycles. The van der Waals surface area contributed by atoms with Gasteiger partial charge in [0.1, 0.15) is 17.7 Å². The lowest BCUT2D eigenvalue weighted by molar-refractivity contribution is -0.126. The second-order valence-corrected chi connectivity index (χ2v) is 10.7. The molecular formula is C33H37N9O3. The topological polar surface area (TPSA) is 163 Å². The van der Waals surface area contributed by atoms with Crippen LogP contribution < -0.4 is 16.0 Å². The van der Waals surface area contributed by atoms with Crippen LogP contribution >= 0.6 is 0 Å². The lowest BCUT2D eigenvalue weighted by Gasteiger charge is -2.19. The highest BCUT2D eigenvalue weighted by Gasteiger charge is 2.23. The van der Waals surface area contributed by atoms with Crippen LogP contribution in [-0.2, 0) is 14.3 Å². The van der Waals surface area contributed by atoms with E-state index in [4.69, 9.17) is 0 Å². The van der Waals surface area contributed by atoms with Crippen molar-refractivity contribution >= 4 is 12.3 Å². The molecule has 5 aromatic rings. The van der Waals surface area contributed by atoms with Crippen molar-refractivity contribution in [3.63, 3.8) is 0 Å². The summed E-state index contributed by atoms with van der Waals surface area (Å²) in [5, 5.41) is 8.97. The van der Waals surface area contributed by atoms with E-state index in [2.05, 4.69) is 50.6 Å². The first-order valence-corrected chi connectivity index (χ1v) is 14.7. The third kappa shape index (κ3) is 7.66. The summed E-state index contributed by atoms with van der Waals surface area (Å²) in [6.07, 6.45) is 9.95. The van der Waals surface area contributed by atoms with Crippen LogP contribution in [0.3, 0.4) is 0 Å². The highest BCUT2D eigenvalue weighted by atomic mass is 16.4. The molecule has 0 radical (unpaired) electrons. The first kappa shape index (κ1) is 31.2. The fraction of sp³-hybridized carbons (Fsp3) is 0.273. The third-order valence-electron chi connectivity index (χ3n) is 7.40. The molecule has 0 bridgehead atoms. The molecule has 3 atom stereocenters. The van der Waals surface area contributed by atoms with Crippen LogP contribution in [0.2, 0.25) is 0 Å². The van der Waals surface area contributed by atoms with E-state index in [0.29, 0.717) is 23.6 Å². The number of nitrogens with zero attached hydrogens (tertiary/aromatic N) is 4. The predicted molar refractivity (Wildman–Crippen MR) is 170 cm³/mol. The maximum absolute atomic E-state index is 12.9. The van der Waals surface area contributed by atoms with Gasteiger partial charge < -0.3 is 30.7 Å². The van der Waals surface area contributed by atoms with Crippen LogP contribution in [0.1, 0.15) is 55.1 Å². The Labute approximate surface area is 261 Å². The largest absolute Gasteiger partial charge is 0.388 e. The fourth-order valence-electron chi connectivity index (χ4n) is 5.10. The number of aromatic amines is 2. The second kappa shape index (κ2) is 15.0. The Kier molecular flexibility index (Phi) is 10.4. The van der Waals surface area contributed by atoms with Gasteiger partial charge in [-0.15, -0.1) is 0 Å². The zero-order valence-electron chi connectivity index (χ0n) is 25.4. The van der Waals surface area contributed by atoms with E-state index in [1.54, 1.807) is 44.9 Å². The van der Waals surface area contributed by atoms with Crippen LogP contribution in [0.15, 0.2) is 79.4 Å². The van der Waals surface area contributed by atoms with E-state index in [9.17, 15) is 9.59 Å².